The molecule has 3 aromatic rings. The fourth-order valence-corrected chi connectivity index (χ4v) is 3.76. The van der Waals surface area contributed by atoms with Gasteiger partial charge in [0.2, 0.25) is 5.91 Å². The molecule has 1 saturated heterocycles. The van der Waals surface area contributed by atoms with Gasteiger partial charge in [-0.25, -0.2) is 4.98 Å². The number of likely N-dealkylation sites (N-methyl/N-ethyl adjacent to an activating group) is 1. The molecule has 0 bridgehead atoms. The van der Waals surface area contributed by atoms with E-state index in [1.807, 2.05) is 54.3 Å². The zero-order valence-electron chi connectivity index (χ0n) is 17.0. The number of benzene rings is 1. The number of pyridine rings is 2. The van der Waals surface area contributed by atoms with Gasteiger partial charge in [0.05, 0.1) is 23.3 Å². The van der Waals surface area contributed by atoms with Gasteiger partial charge in [-0.15, -0.1) is 0 Å². The molecule has 0 spiro atoms. The van der Waals surface area contributed by atoms with E-state index >= 15 is 0 Å². The minimum atomic E-state index is 0.00145. The molecule has 0 radical (unpaired) electrons. The third-order valence-electron chi connectivity index (χ3n) is 5.32. The van der Waals surface area contributed by atoms with Crippen LogP contribution in [0.3, 0.4) is 0 Å². The average Bonchev–Trinajstić information content (AvgIpc) is 2.79. The number of piperazine rings is 1. The number of aromatic nitrogens is 2. The number of nitrogens with one attached hydrogen (secondary N) is 1. The van der Waals surface area contributed by atoms with Crippen molar-refractivity contribution in [3.63, 3.8) is 0 Å². The first-order valence-electron chi connectivity index (χ1n) is 10.2. The summed E-state index contributed by atoms with van der Waals surface area (Å²) in [5, 5.41) is 3.67. The zero-order chi connectivity index (χ0) is 20.9. The molecule has 0 atom stereocenters. The fraction of sp³-hybridized carbons (Fsp3) is 0.304. The second-order valence-electron chi connectivity index (χ2n) is 7.33. The van der Waals surface area contributed by atoms with E-state index in [1.54, 1.807) is 12.4 Å². The maximum Gasteiger partial charge on any atom is 0.254 e. The van der Waals surface area contributed by atoms with E-state index in [0.717, 1.165) is 22.2 Å². The highest BCUT2D eigenvalue weighted by atomic mass is 16.2. The fourth-order valence-electron chi connectivity index (χ4n) is 3.76. The summed E-state index contributed by atoms with van der Waals surface area (Å²) >= 11 is 0. The van der Waals surface area contributed by atoms with Gasteiger partial charge in [0.25, 0.3) is 5.91 Å². The van der Waals surface area contributed by atoms with Gasteiger partial charge in [-0.2, -0.15) is 0 Å². The Labute approximate surface area is 175 Å². The van der Waals surface area contributed by atoms with E-state index in [9.17, 15) is 9.59 Å². The Morgan fingerprint density at radius 1 is 1.03 bits per heavy atom. The molecule has 0 unspecified atom stereocenters. The van der Waals surface area contributed by atoms with Gasteiger partial charge < -0.3 is 10.2 Å². The molecule has 0 saturated carbocycles. The summed E-state index contributed by atoms with van der Waals surface area (Å²) in [6.45, 7) is 5.48. The SMILES string of the molecule is CCNC(=O)CN1CCN(C(=O)c2cc(-c3ccncc3)nc3ccccc23)CC1. The summed E-state index contributed by atoms with van der Waals surface area (Å²) in [6.07, 6.45) is 3.45. The molecule has 30 heavy (non-hydrogen) atoms. The molecular weight excluding hydrogens is 378 g/mol. The second kappa shape index (κ2) is 9.00. The molecule has 0 aliphatic carbocycles. The first-order valence-corrected chi connectivity index (χ1v) is 10.2. The molecule has 3 heterocycles. The van der Waals surface area contributed by atoms with Gasteiger partial charge in [-0.3, -0.25) is 19.5 Å². The van der Waals surface area contributed by atoms with Gasteiger partial charge in [-0.05, 0) is 31.2 Å². The highest BCUT2D eigenvalue weighted by Crippen LogP contribution is 2.26. The van der Waals surface area contributed by atoms with Gasteiger partial charge >= 0.3 is 0 Å². The van der Waals surface area contributed by atoms with Crippen LogP contribution in [-0.2, 0) is 4.79 Å². The molecule has 7 heteroatoms. The largest absolute Gasteiger partial charge is 0.355 e. The smallest absolute Gasteiger partial charge is 0.254 e. The lowest BCUT2D eigenvalue weighted by atomic mass is 10.0. The number of carbonyl (C=O) groups is 2. The molecule has 4 rings (SSSR count). The summed E-state index contributed by atoms with van der Waals surface area (Å²) in [5.41, 5.74) is 3.14. The van der Waals surface area contributed by atoms with E-state index in [0.29, 0.717) is 44.8 Å². The van der Waals surface area contributed by atoms with Crippen molar-refractivity contribution in [2.75, 3.05) is 39.3 Å². The predicted octanol–water partition coefficient (Wildman–Crippen LogP) is 2.19. The van der Waals surface area contributed by atoms with Gasteiger partial charge in [0.15, 0.2) is 0 Å². The van der Waals surface area contributed by atoms with Crippen molar-refractivity contribution in [1.29, 1.82) is 0 Å². The lowest BCUT2D eigenvalue weighted by Crippen LogP contribution is -2.51. The molecule has 1 fully saturated rings. The summed E-state index contributed by atoms with van der Waals surface area (Å²) in [6, 6.07) is 13.4. The minimum Gasteiger partial charge on any atom is -0.355 e. The van der Waals surface area contributed by atoms with Crippen LogP contribution < -0.4 is 5.32 Å². The van der Waals surface area contributed by atoms with E-state index in [2.05, 4.69) is 15.2 Å². The van der Waals surface area contributed by atoms with E-state index in [4.69, 9.17) is 4.98 Å². The molecule has 7 nitrogen and oxygen atoms in total. The van der Waals surface area contributed by atoms with Crippen LogP contribution >= 0.6 is 0 Å². The Kier molecular flexibility index (Phi) is 5.99. The predicted molar refractivity (Wildman–Crippen MR) is 116 cm³/mol. The minimum absolute atomic E-state index is 0.00145. The topological polar surface area (TPSA) is 78.4 Å². The number of rotatable bonds is 5. The Balaban J connectivity index is 1.57. The molecular formula is C23H25N5O2. The standard InChI is InChI=1S/C23H25N5O2/c1-2-25-22(29)16-27-11-13-28(14-12-27)23(30)19-15-21(17-7-9-24-10-8-17)26-20-6-4-3-5-18(19)20/h3-10,15H,2,11-14,16H2,1H3,(H,25,29). The van der Waals surface area contributed by atoms with Crippen molar-refractivity contribution in [2.45, 2.75) is 6.92 Å². The van der Waals surface area contributed by atoms with Crippen molar-refractivity contribution in [2.24, 2.45) is 0 Å². The van der Waals surface area contributed by atoms with Crippen LogP contribution in [0.4, 0.5) is 0 Å². The van der Waals surface area contributed by atoms with Crippen molar-refractivity contribution in [3.8, 4) is 11.3 Å². The van der Waals surface area contributed by atoms with E-state index in [1.165, 1.54) is 0 Å². The van der Waals surface area contributed by atoms with E-state index in [-0.39, 0.29) is 11.8 Å². The molecule has 1 N–H and O–H groups in total. The Morgan fingerprint density at radius 3 is 2.50 bits per heavy atom. The Bertz CT molecular complexity index is 1050. The second-order valence-corrected chi connectivity index (χ2v) is 7.33. The monoisotopic (exact) mass is 403 g/mol. The quantitative estimate of drug-likeness (QED) is 0.707. The molecule has 1 aliphatic rings. The lowest BCUT2D eigenvalue weighted by molar-refractivity contribution is -0.122. The third-order valence-corrected chi connectivity index (χ3v) is 5.32. The maximum atomic E-state index is 13.4. The summed E-state index contributed by atoms with van der Waals surface area (Å²) in [5.74, 6) is 0.0287. The summed E-state index contributed by atoms with van der Waals surface area (Å²) in [4.78, 5) is 38.0. The highest BCUT2D eigenvalue weighted by Gasteiger charge is 2.25. The van der Waals surface area contributed by atoms with Crippen LogP contribution in [0.5, 0.6) is 0 Å². The Morgan fingerprint density at radius 2 is 1.77 bits per heavy atom. The summed E-state index contributed by atoms with van der Waals surface area (Å²) in [7, 11) is 0. The highest BCUT2D eigenvalue weighted by molar-refractivity contribution is 6.07. The molecule has 1 aliphatic heterocycles. The maximum absolute atomic E-state index is 13.4. The average molecular weight is 403 g/mol. The van der Waals surface area contributed by atoms with Crippen LogP contribution in [0.2, 0.25) is 0 Å². The number of hydrogen-bond acceptors (Lipinski definition) is 5. The van der Waals surface area contributed by atoms with Crippen LogP contribution in [-0.4, -0.2) is 70.9 Å². The number of amides is 2. The lowest BCUT2D eigenvalue weighted by Gasteiger charge is -2.34. The number of para-hydroxylation sites is 1. The number of nitrogens with zero attached hydrogens (tertiary/aromatic N) is 4. The number of hydrogen-bond donors (Lipinski definition) is 1. The first-order chi connectivity index (χ1) is 14.7. The Hall–Kier alpha value is -3.32. The van der Waals surface area contributed by atoms with Crippen LogP contribution in [0.25, 0.3) is 22.2 Å². The van der Waals surface area contributed by atoms with Crippen LogP contribution in [0.1, 0.15) is 17.3 Å². The zero-order valence-corrected chi connectivity index (χ0v) is 17.0. The van der Waals surface area contributed by atoms with Crippen LogP contribution in [0, 0.1) is 0 Å². The van der Waals surface area contributed by atoms with Gasteiger partial charge in [0, 0.05) is 56.1 Å². The molecule has 2 amide bonds. The van der Waals surface area contributed by atoms with Gasteiger partial charge in [-0.1, -0.05) is 18.2 Å². The van der Waals surface area contributed by atoms with E-state index < -0.39 is 0 Å². The number of carbonyl (C=O) groups excluding carboxylic acids is 2. The normalized spacial score (nSPS) is 14.6. The first kappa shape index (κ1) is 20.0. The summed E-state index contributed by atoms with van der Waals surface area (Å²) < 4.78 is 0. The third kappa shape index (κ3) is 4.31. The van der Waals surface area contributed by atoms with Crippen molar-refractivity contribution in [1.82, 2.24) is 25.1 Å². The molecule has 154 valence electrons. The van der Waals surface area contributed by atoms with Gasteiger partial charge in [0.1, 0.15) is 0 Å². The molecule has 2 aromatic heterocycles. The van der Waals surface area contributed by atoms with Crippen molar-refractivity contribution < 1.29 is 9.59 Å². The molecule has 1 aromatic carbocycles. The van der Waals surface area contributed by atoms with Crippen molar-refractivity contribution in [3.05, 3.63) is 60.4 Å². The number of fused-ring (bicyclic) bond motifs is 1. The van der Waals surface area contributed by atoms with Crippen LogP contribution in [0.15, 0.2) is 54.9 Å². The van der Waals surface area contributed by atoms with Crippen molar-refractivity contribution >= 4 is 22.7 Å².